The summed E-state index contributed by atoms with van der Waals surface area (Å²) in [4.78, 5) is 14.9. The average Bonchev–Trinajstić information content (AvgIpc) is 3.46. The normalized spacial score (nSPS) is 26.8. The van der Waals surface area contributed by atoms with Gasteiger partial charge in [0.2, 0.25) is 10.0 Å². The highest BCUT2D eigenvalue weighted by molar-refractivity contribution is 7.89. The Morgan fingerprint density at radius 3 is 2.61 bits per heavy atom. The fraction of sp³-hybridized carbons (Fsp3) is 0.818. The number of amides is 1. The van der Waals surface area contributed by atoms with Crippen LogP contribution in [0.4, 0.5) is 0 Å². The molecule has 1 aromatic heterocycles. The number of rotatable bonds is 8. The van der Waals surface area contributed by atoms with Crippen molar-refractivity contribution in [1.29, 1.82) is 0 Å². The number of sulfonamides is 1. The first-order valence-electron chi connectivity index (χ1n) is 11.8. The Labute approximate surface area is 185 Å². The summed E-state index contributed by atoms with van der Waals surface area (Å²) in [5.41, 5.74) is 0.325. The maximum atomic E-state index is 13.2. The maximum Gasteiger partial charge on any atom is 0.273 e. The lowest BCUT2D eigenvalue weighted by Gasteiger charge is -2.40. The Morgan fingerprint density at radius 1 is 1.19 bits per heavy atom. The standard InChI is InChI=1S/C22H36N4O4S/c1-3-4-19-13-18(23-22(27)20-14-21(30-24-20)17-5-6-17)9-12-26(19)31(28,29)15-16-7-10-25(2)11-8-16/h14,16-19H,3-13,15H2,1-2H3,(H,23,27)/t18-,19-/m1/s1. The van der Waals surface area contributed by atoms with E-state index in [0.717, 1.165) is 57.4 Å². The zero-order valence-electron chi connectivity index (χ0n) is 18.8. The molecule has 1 saturated carbocycles. The van der Waals surface area contributed by atoms with E-state index in [0.29, 0.717) is 31.0 Å². The van der Waals surface area contributed by atoms with Gasteiger partial charge in [0.05, 0.1) is 5.75 Å². The predicted octanol–water partition coefficient (Wildman–Crippen LogP) is 2.59. The third-order valence-electron chi connectivity index (χ3n) is 7.00. The summed E-state index contributed by atoms with van der Waals surface area (Å²) in [6.45, 7) is 4.49. The van der Waals surface area contributed by atoms with Gasteiger partial charge in [-0.3, -0.25) is 4.79 Å². The van der Waals surface area contributed by atoms with Crippen LogP contribution in [0.25, 0.3) is 0 Å². The third-order valence-corrected chi connectivity index (χ3v) is 9.09. The summed E-state index contributed by atoms with van der Waals surface area (Å²) in [7, 11) is -1.21. The third kappa shape index (κ3) is 5.68. The number of hydrogen-bond acceptors (Lipinski definition) is 6. The second-order valence-electron chi connectivity index (χ2n) is 9.66. The van der Waals surface area contributed by atoms with E-state index >= 15 is 0 Å². The van der Waals surface area contributed by atoms with Gasteiger partial charge in [-0.1, -0.05) is 18.5 Å². The number of aromatic nitrogens is 1. The largest absolute Gasteiger partial charge is 0.360 e. The molecule has 2 saturated heterocycles. The molecule has 0 spiro atoms. The van der Waals surface area contributed by atoms with Crippen molar-refractivity contribution in [1.82, 2.24) is 19.7 Å². The molecule has 0 unspecified atom stereocenters. The minimum Gasteiger partial charge on any atom is -0.360 e. The first kappa shape index (κ1) is 22.7. The van der Waals surface area contributed by atoms with E-state index in [2.05, 4.69) is 29.3 Å². The first-order chi connectivity index (χ1) is 14.9. The quantitative estimate of drug-likeness (QED) is 0.651. The van der Waals surface area contributed by atoms with E-state index in [4.69, 9.17) is 4.52 Å². The van der Waals surface area contributed by atoms with E-state index in [9.17, 15) is 13.2 Å². The van der Waals surface area contributed by atoms with Crippen LogP contribution >= 0.6 is 0 Å². The topological polar surface area (TPSA) is 95.7 Å². The van der Waals surface area contributed by atoms with Gasteiger partial charge < -0.3 is 14.7 Å². The summed E-state index contributed by atoms with van der Waals surface area (Å²) in [5, 5.41) is 6.99. The van der Waals surface area contributed by atoms with Gasteiger partial charge in [-0.15, -0.1) is 0 Å². The van der Waals surface area contributed by atoms with E-state index in [1.54, 1.807) is 10.4 Å². The average molecular weight is 453 g/mol. The molecule has 9 heteroatoms. The van der Waals surface area contributed by atoms with Crippen molar-refractivity contribution in [3.63, 3.8) is 0 Å². The van der Waals surface area contributed by atoms with Gasteiger partial charge in [0.1, 0.15) is 5.76 Å². The van der Waals surface area contributed by atoms with Crippen LogP contribution in [0.5, 0.6) is 0 Å². The Bertz CT molecular complexity index is 859. The van der Waals surface area contributed by atoms with Crippen molar-refractivity contribution in [3.05, 3.63) is 17.5 Å². The Morgan fingerprint density at radius 2 is 1.94 bits per heavy atom. The number of carbonyl (C=O) groups excluding carboxylic acids is 1. The molecule has 8 nitrogen and oxygen atoms in total. The van der Waals surface area contributed by atoms with Crippen LogP contribution in [0.2, 0.25) is 0 Å². The van der Waals surface area contributed by atoms with E-state index in [-0.39, 0.29) is 29.7 Å². The minimum absolute atomic E-state index is 0.0418. The molecule has 1 aliphatic carbocycles. The zero-order valence-corrected chi connectivity index (χ0v) is 19.6. The molecule has 2 aliphatic heterocycles. The van der Waals surface area contributed by atoms with E-state index in [1.807, 2.05) is 0 Å². The van der Waals surface area contributed by atoms with Gasteiger partial charge in [0, 0.05) is 30.6 Å². The Kier molecular flexibility index (Phi) is 7.03. The zero-order chi connectivity index (χ0) is 22.0. The molecule has 31 heavy (non-hydrogen) atoms. The van der Waals surface area contributed by atoms with Crippen LogP contribution in [-0.4, -0.2) is 73.2 Å². The fourth-order valence-corrected chi connectivity index (χ4v) is 7.11. The Balaban J connectivity index is 1.35. The lowest BCUT2D eigenvalue weighted by molar-refractivity contribution is 0.0900. The summed E-state index contributed by atoms with van der Waals surface area (Å²) < 4.78 is 33.5. The van der Waals surface area contributed by atoms with Crippen molar-refractivity contribution in [2.75, 3.05) is 32.4 Å². The molecular formula is C22H36N4O4S. The molecule has 0 radical (unpaired) electrons. The van der Waals surface area contributed by atoms with Crippen LogP contribution in [-0.2, 0) is 10.0 Å². The number of piperidine rings is 2. The molecule has 4 rings (SSSR count). The van der Waals surface area contributed by atoms with Crippen LogP contribution in [0.3, 0.4) is 0 Å². The molecule has 2 atom stereocenters. The highest BCUT2D eigenvalue weighted by Gasteiger charge is 2.38. The van der Waals surface area contributed by atoms with Gasteiger partial charge in [-0.25, -0.2) is 8.42 Å². The van der Waals surface area contributed by atoms with Crippen molar-refractivity contribution in [3.8, 4) is 0 Å². The predicted molar refractivity (Wildman–Crippen MR) is 118 cm³/mol. The first-order valence-corrected chi connectivity index (χ1v) is 13.4. The summed E-state index contributed by atoms with van der Waals surface area (Å²) in [5.74, 6) is 1.48. The number of nitrogens with zero attached hydrogens (tertiary/aromatic N) is 3. The van der Waals surface area contributed by atoms with Crippen molar-refractivity contribution in [2.24, 2.45) is 5.92 Å². The van der Waals surface area contributed by atoms with Gasteiger partial charge in [-0.2, -0.15) is 4.31 Å². The summed E-state index contributed by atoms with van der Waals surface area (Å²) in [6.07, 6.45) is 7.10. The van der Waals surface area contributed by atoms with Crippen LogP contribution in [0.15, 0.2) is 10.6 Å². The second-order valence-corrected chi connectivity index (χ2v) is 11.6. The highest BCUT2D eigenvalue weighted by atomic mass is 32.2. The van der Waals surface area contributed by atoms with Crippen LogP contribution in [0.1, 0.15) is 80.5 Å². The molecule has 1 amide bonds. The molecular weight excluding hydrogens is 416 g/mol. The number of hydrogen-bond donors (Lipinski definition) is 1. The molecule has 3 aliphatic rings. The van der Waals surface area contributed by atoms with E-state index in [1.165, 1.54) is 0 Å². The summed E-state index contributed by atoms with van der Waals surface area (Å²) >= 11 is 0. The molecule has 0 bridgehead atoms. The van der Waals surface area contributed by atoms with E-state index < -0.39 is 10.0 Å². The smallest absolute Gasteiger partial charge is 0.273 e. The molecule has 3 fully saturated rings. The van der Waals surface area contributed by atoms with Crippen LogP contribution in [0, 0.1) is 5.92 Å². The number of likely N-dealkylation sites (tertiary alicyclic amines) is 1. The molecule has 1 aromatic rings. The minimum atomic E-state index is -3.30. The van der Waals surface area contributed by atoms with Crippen molar-refractivity contribution >= 4 is 15.9 Å². The van der Waals surface area contributed by atoms with Gasteiger partial charge >= 0.3 is 0 Å². The monoisotopic (exact) mass is 452 g/mol. The fourth-order valence-electron chi connectivity index (χ4n) is 4.96. The van der Waals surface area contributed by atoms with Crippen molar-refractivity contribution < 1.29 is 17.7 Å². The lowest BCUT2D eigenvalue weighted by atomic mass is 9.96. The number of nitrogens with one attached hydrogen (secondary N) is 1. The molecule has 174 valence electrons. The van der Waals surface area contributed by atoms with Gasteiger partial charge in [-0.05, 0) is 71.0 Å². The second kappa shape index (κ2) is 9.58. The van der Waals surface area contributed by atoms with Gasteiger partial charge in [0.25, 0.3) is 5.91 Å². The summed E-state index contributed by atoms with van der Waals surface area (Å²) in [6, 6.07) is 1.65. The molecule has 3 heterocycles. The SMILES string of the molecule is CCC[C@@H]1C[C@H](NC(=O)c2cc(C3CC3)on2)CCN1S(=O)(=O)CC1CCN(C)CC1. The van der Waals surface area contributed by atoms with Crippen LogP contribution < -0.4 is 5.32 Å². The lowest BCUT2D eigenvalue weighted by Crippen LogP contribution is -2.53. The highest BCUT2D eigenvalue weighted by Crippen LogP contribution is 2.40. The molecule has 0 aromatic carbocycles. The van der Waals surface area contributed by atoms with Gasteiger partial charge in [0.15, 0.2) is 5.69 Å². The van der Waals surface area contributed by atoms with Crippen molar-refractivity contribution in [2.45, 2.75) is 76.3 Å². The molecule has 1 N–H and O–H groups in total. The number of carbonyl (C=O) groups is 1. The Hall–Kier alpha value is -1.45. The maximum absolute atomic E-state index is 13.2.